The van der Waals surface area contributed by atoms with Crippen LogP contribution in [0.2, 0.25) is 0 Å². The number of carbonyl (C=O) groups is 4. The Balaban J connectivity index is 1.13. The predicted octanol–water partition coefficient (Wildman–Crippen LogP) is 5.74. The maximum atomic E-state index is 13.6. The standard InChI is InChI=1S/C32H29BrN2O5/c1-2-18-13-22(33)11-12-26(18)34-27(36)17-40-32(39)20-9-6-10-23(14-20)35-30(37)28-21-15-24(19-7-4-3-5-8-19)25(16-21)29(28)31(35)38/h3-14,21,24-25,28-29H,2,15-17H2,1H3,(H,34,36)/t21-,24+,25+,28+,29+/m0/s1. The van der Waals surface area contributed by atoms with E-state index in [1.807, 2.05) is 37.3 Å². The molecule has 3 amide bonds. The summed E-state index contributed by atoms with van der Waals surface area (Å²) in [5.41, 5.74) is 3.38. The van der Waals surface area contributed by atoms with E-state index in [9.17, 15) is 19.2 Å². The maximum Gasteiger partial charge on any atom is 0.338 e. The molecule has 2 aliphatic carbocycles. The third kappa shape index (κ3) is 4.64. The maximum absolute atomic E-state index is 13.6. The van der Waals surface area contributed by atoms with Crippen molar-refractivity contribution in [3.8, 4) is 0 Å². The molecule has 3 fully saturated rings. The first-order valence-corrected chi connectivity index (χ1v) is 14.4. The van der Waals surface area contributed by atoms with Crippen LogP contribution in [0.1, 0.15) is 47.2 Å². The number of anilines is 2. The van der Waals surface area contributed by atoms with E-state index < -0.39 is 18.5 Å². The second kappa shape index (κ2) is 10.7. The van der Waals surface area contributed by atoms with Gasteiger partial charge in [-0.05, 0) is 84.5 Å². The quantitative estimate of drug-likeness (QED) is 0.276. The molecule has 2 bridgehead atoms. The molecule has 204 valence electrons. The molecule has 0 spiro atoms. The second-order valence-electron chi connectivity index (χ2n) is 10.8. The smallest absolute Gasteiger partial charge is 0.338 e. The van der Waals surface area contributed by atoms with Gasteiger partial charge < -0.3 is 10.1 Å². The minimum absolute atomic E-state index is 0.143. The third-order valence-electron chi connectivity index (χ3n) is 8.64. The Kier molecular flexibility index (Phi) is 7.04. The molecular weight excluding hydrogens is 572 g/mol. The van der Waals surface area contributed by atoms with E-state index in [1.54, 1.807) is 24.3 Å². The average Bonchev–Trinajstić information content (AvgIpc) is 3.64. The number of nitrogens with zero attached hydrogens (tertiary/aromatic N) is 1. The van der Waals surface area contributed by atoms with Gasteiger partial charge in [0, 0.05) is 10.2 Å². The Hall–Kier alpha value is -3.78. The van der Waals surface area contributed by atoms with Gasteiger partial charge in [-0.1, -0.05) is 59.3 Å². The van der Waals surface area contributed by atoms with Crippen molar-refractivity contribution < 1.29 is 23.9 Å². The molecule has 0 unspecified atom stereocenters. The minimum atomic E-state index is -0.702. The van der Waals surface area contributed by atoms with Gasteiger partial charge in [-0.25, -0.2) is 4.79 Å². The Morgan fingerprint density at radius 2 is 1.73 bits per heavy atom. The van der Waals surface area contributed by atoms with Crippen LogP contribution < -0.4 is 10.2 Å². The molecule has 2 saturated carbocycles. The molecule has 1 saturated heterocycles. The fraction of sp³-hybridized carbons (Fsp3) is 0.312. The molecule has 6 rings (SSSR count). The van der Waals surface area contributed by atoms with Crippen LogP contribution in [0.25, 0.3) is 0 Å². The topological polar surface area (TPSA) is 92.8 Å². The Bertz CT molecular complexity index is 1510. The average molecular weight is 601 g/mol. The first-order chi connectivity index (χ1) is 19.4. The van der Waals surface area contributed by atoms with Crippen molar-refractivity contribution >= 4 is 51.0 Å². The molecule has 1 aliphatic heterocycles. The fourth-order valence-electron chi connectivity index (χ4n) is 6.95. The Morgan fingerprint density at radius 3 is 2.50 bits per heavy atom. The zero-order valence-corrected chi connectivity index (χ0v) is 23.6. The Morgan fingerprint density at radius 1 is 0.950 bits per heavy atom. The Labute approximate surface area is 241 Å². The van der Waals surface area contributed by atoms with Crippen LogP contribution in [-0.2, 0) is 25.5 Å². The summed E-state index contributed by atoms with van der Waals surface area (Å²) >= 11 is 3.42. The van der Waals surface area contributed by atoms with Gasteiger partial charge in [-0.15, -0.1) is 0 Å². The summed E-state index contributed by atoms with van der Waals surface area (Å²) in [6, 6.07) is 22.1. The SMILES string of the molecule is CCc1cc(Br)ccc1NC(=O)COC(=O)c1cccc(N2C(=O)[C@@H]3[C@@H]4C[C@@H]([C@H]3C2=O)[C@@H](c2ccccc2)C4)c1. The molecule has 40 heavy (non-hydrogen) atoms. The zero-order valence-electron chi connectivity index (χ0n) is 22.0. The first kappa shape index (κ1) is 26.4. The normalized spacial score (nSPS) is 24.8. The molecule has 1 N–H and O–H groups in total. The van der Waals surface area contributed by atoms with Gasteiger partial charge >= 0.3 is 5.97 Å². The lowest BCUT2D eigenvalue weighted by Gasteiger charge is -2.28. The fourth-order valence-corrected chi connectivity index (χ4v) is 7.36. The van der Waals surface area contributed by atoms with Crippen molar-refractivity contribution in [2.45, 2.75) is 32.1 Å². The summed E-state index contributed by atoms with van der Waals surface area (Å²) in [5.74, 6) is -1.55. The van der Waals surface area contributed by atoms with Crippen molar-refractivity contribution in [1.82, 2.24) is 0 Å². The van der Waals surface area contributed by atoms with Gasteiger partial charge in [0.2, 0.25) is 11.8 Å². The molecule has 0 aromatic heterocycles. The van der Waals surface area contributed by atoms with E-state index in [0.717, 1.165) is 29.3 Å². The van der Waals surface area contributed by atoms with Crippen LogP contribution in [0, 0.1) is 23.7 Å². The number of hydrogen-bond donors (Lipinski definition) is 1. The number of hydrogen-bond acceptors (Lipinski definition) is 5. The number of fused-ring (bicyclic) bond motifs is 5. The van der Waals surface area contributed by atoms with Crippen LogP contribution in [0.5, 0.6) is 0 Å². The lowest BCUT2D eigenvalue weighted by molar-refractivity contribution is -0.123. The van der Waals surface area contributed by atoms with Gasteiger partial charge in [-0.2, -0.15) is 0 Å². The molecule has 5 atom stereocenters. The molecule has 3 aromatic carbocycles. The van der Waals surface area contributed by atoms with E-state index in [0.29, 0.717) is 11.4 Å². The number of benzene rings is 3. The van der Waals surface area contributed by atoms with E-state index in [1.165, 1.54) is 16.5 Å². The number of halogens is 1. The van der Waals surface area contributed by atoms with Crippen LogP contribution >= 0.6 is 15.9 Å². The minimum Gasteiger partial charge on any atom is -0.452 e. The predicted molar refractivity (Wildman–Crippen MR) is 154 cm³/mol. The van der Waals surface area contributed by atoms with Crippen LogP contribution in [-0.4, -0.2) is 30.3 Å². The van der Waals surface area contributed by atoms with Crippen LogP contribution in [0.4, 0.5) is 11.4 Å². The van der Waals surface area contributed by atoms with Gasteiger partial charge in [-0.3, -0.25) is 19.3 Å². The lowest BCUT2D eigenvalue weighted by atomic mass is 9.73. The summed E-state index contributed by atoms with van der Waals surface area (Å²) in [6.07, 6.45) is 2.54. The summed E-state index contributed by atoms with van der Waals surface area (Å²) in [7, 11) is 0. The number of rotatable bonds is 7. The summed E-state index contributed by atoms with van der Waals surface area (Å²) < 4.78 is 6.18. The largest absolute Gasteiger partial charge is 0.452 e. The monoisotopic (exact) mass is 600 g/mol. The van der Waals surface area contributed by atoms with Gasteiger partial charge in [0.05, 0.1) is 23.1 Å². The van der Waals surface area contributed by atoms with Crippen molar-refractivity contribution in [2.75, 3.05) is 16.8 Å². The number of esters is 1. The number of imide groups is 1. The number of carbonyl (C=O) groups excluding carboxylic acids is 4. The molecule has 3 aliphatic rings. The molecule has 0 radical (unpaired) electrons. The van der Waals surface area contributed by atoms with E-state index in [-0.39, 0.29) is 47.0 Å². The zero-order chi connectivity index (χ0) is 28.0. The van der Waals surface area contributed by atoms with Gasteiger partial charge in [0.15, 0.2) is 6.61 Å². The molecule has 1 heterocycles. The molecule has 3 aromatic rings. The first-order valence-electron chi connectivity index (χ1n) is 13.6. The van der Waals surface area contributed by atoms with Crippen molar-refractivity contribution in [2.24, 2.45) is 23.7 Å². The van der Waals surface area contributed by atoms with E-state index >= 15 is 0 Å². The highest BCUT2D eigenvalue weighted by Crippen LogP contribution is 2.61. The highest BCUT2D eigenvalue weighted by Gasteiger charge is 2.64. The summed E-state index contributed by atoms with van der Waals surface area (Å²) in [4.78, 5) is 53.7. The number of amides is 3. The highest BCUT2D eigenvalue weighted by atomic mass is 79.9. The molecule has 8 heteroatoms. The number of aryl methyl sites for hydroxylation is 1. The van der Waals surface area contributed by atoms with E-state index in [4.69, 9.17) is 4.74 Å². The summed E-state index contributed by atoms with van der Waals surface area (Å²) in [6.45, 7) is 1.53. The molecule has 7 nitrogen and oxygen atoms in total. The van der Waals surface area contributed by atoms with Crippen LogP contribution in [0.3, 0.4) is 0 Å². The second-order valence-corrected chi connectivity index (χ2v) is 11.7. The lowest BCUT2D eigenvalue weighted by Crippen LogP contribution is -2.33. The third-order valence-corrected chi connectivity index (χ3v) is 9.13. The summed E-state index contributed by atoms with van der Waals surface area (Å²) in [5, 5.41) is 2.78. The number of ether oxygens (including phenoxy) is 1. The van der Waals surface area contributed by atoms with Crippen LogP contribution in [0.15, 0.2) is 77.3 Å². The number of nitrogens with one attached hydrogen (secondary N) is 1. The van der Waals surface area contributed by atoms with Gasteiger partial charge in [0.25, 0.3) is 5.91 Å². The van der Waals surface area contributed by atoms with Crippen molar-refractivity contribution in [3.05, 3.63) is 94.0 Å². The van der Waals surface area contributed by atoms with Crippen molar-refractivity contribution in [3.63, 3.8) is 0 Å². The van der Waals surface area contributed by atoms with E-state index in [2.05, 4.69) is 33.4 Å². The van der Waals surface area contributed by atoms with Gasteiger partial charge in [0.1, 0.15) is 0 Å². The van der Waals surface area contributed by atoms with Crippen molar-refractivity contribution in [1.29, 1.82) is 0 Å². The molecular formula is C32H29BrN2O5. The highest BCUT2D eigenvalue weighted by molar-refractivity contribution is 9.10.